The highest BCUT2D eigenvalue weighted by Gasteiger charge is 2.22. The molecule has 1 atom stereocenters. The number of para-hydroxylation sites is 2. The van der Waals surface area contributed by atoms with Gasteiger partial charge in [-0.05, 0) is 31.2 Å². The van der Waals surface area contributed by atoms with Crippen molar-refractivity contribution in [3.05, 3.63) is 75.8 Å². The first-order chi connectivity index (χ1) is 12.6. The number of H-pyrrole nitrogens is 1. The Bertz CT molecular complexity index is 1080. The van der Waals surface area contributed by atoms with Gasteiger partial charge in [-0.3, -0.25) is 4.79 Å². The summed E-state index contributed by atoms with van der Waals surface area (Å²) in [4.78, 5) is 31.7. The van der Waals surface area contributed by atoms with Crippen molar-refractivity contribution in [3.63, 3.8) is 0 Å². The van der Waals surface area contributed by atoms with E-state index in [1.807, 2.05) is 24.3 Å². The molecule has 1 aromatic heterocycles. The molecule has 6 nitrogen and oxygen atoms in total. The molecule has 1 N–H and O–H groups in total. The summed E-state index contributed by atoms with van der Waals surface area (Å²) >= 11 is 0. The van der Waals surface area contributed by atoms with Gasteiger partial charge >= 0.3 is 5.97 Å². The van der Waals surface area contributed by atoms with Crippen molar-refractivity contribution in [1.82, 2.24) is 9.97 Å². The van der Waals surface area contributed by atoms with Crippen LogP contribution in [0.3, 0.4) is 0 Å². The third-order valence-corrected chi connectivity index (χ3v) is 4.19. The average Bonchev–Trinajstić information content (AvgIpc) is 2.67. The summed E-state index contributed by atoms with van der Waals surface area (Å²) in [6.45, 7) is 1.81. The van der Waals surface area contributed by atoms with Gasteiger partial charge in [0.15, 0.2) is 11.9 Å². The zero-order chi connectivity index (χ0) is 18.1. The summed E-state index contributed by atoms with van der Waals surface area (Å²) in [6, 6.07) is 14.5. The van der Waals surface area contributed by atoms with Crippen LogP contribution in [0.2, 0.25) is 0 Å². The molecule has 0 aliphatic carbocycles. The molecular formula is C20H16N2O4. The summed E-state index contributed by atoms with van der Waals surface area (Å²) in [7, 11) is 0. The number of hydrogen-bond acceptors (Lipinski definition) is 5. The maximum absolute atomic E-state index is 12.4. The smallest absolute Gasteiger partial charge is 0.338 e. The van der Waals surface area contributed by atoms with E-state index in [4.69, 9.17) is 9.47 Å². The summed E-state index contributed by atoms with van der Waals surface area (Å²) < 4.78 is 11.1. The number of aromatic nitrogens is 2. The second-order valence-electron chi connectivity index (χ2n) is 6.01. The van der Waals surface area contributed by atoms with Gasteiger partial charge in [0.05, 0.1) is 16.5 Å². The fraction of sp³-hybridized carbons (Fsp3) is 0.150. The minimum Gasteiger partial charge on any atom is -0.488 e. The van der Waals surface area contributed by atoms with E-state index in [2.05, 4.69) is 9.97 Å². The van der Waals surface area contributed by atoms with Crippen molar-refractivity contribution >= 4 is 22.9 Å². The van der Waals surface area contributed by atoms with E-state index in [1.165, 1.54) is 0 Å². The summed E-state index contributed by atoms with van der Waals surface area (Å²) in [5.41, 5.74) is 1.54. The number of nitrogens with one attached hydrogen (secondary N) is 1. The summed E-state index contributed by atoms with van der Waals surface area (Å²) in [5, 5.41) is 0.495. The van der Waals surface area contributed by atoms with Crippen LogP contribution in [-0.4, -0.2) is 22.5 Å². The number of esters is 1. The SMILES string of the molecule is C[C@@H](OC(=O)C1=Cc2ccccc2OC1)c1nc2ccccc2c(=O)[nH]1. The van der Waals surface area contributed by atoms with Crippen LogP contribution in [0.5, 0.6) is 5.75 Å². The highest BCUT2D eigenvalue weighted by Crippen LogP contribution is 2.27. The van der Waals surface area contributed by atoms with E-state index in [1.54, 1.807) is 37.3 Å². The molecule has 130 valence electrons. The van der Waals surface area contributed by atoms with Gasteiger partial charge in [-0.1, -0.05) is 30.3 Å². The van der Waals surface area contributed by atoms with E-state index in [-0.39, 0.29) is 12.2 Å². The second kappa shape index (κ2) is 6.48. The molecule has 26 heavy (non-hydrogen) atoms. The molecule has 2 heterocycles. The number of hydrogen-bond donors (Lipinski definition) is 1. The Labute approximate surface area is 149 Å². The predicted octanol–water partition coefficient (Wildman–Crippen LogP) is 3.00. The van der Waals surface area contributed by atoms with Crippen molar-refractivity contribution in [2.45, 2.75) is 13.0 Å². The molecule has 0 bridgehead atoms. The normalized spacial score (nSPS) is 14.1. The summed E-state index contributed by atoms with van der Waals surface area (Å²) in [6.07, 6.45) is 1.06. The number of carbonyl (C=O) groups is 1. The molecular weight excluding hydrogens is 332 g/mol. The van der Waals surface area contributed by atoms with Gasteiger partial charge in [0.1, 0.15) is 12.4 Å². The number of rotatable bonds is 3. The van der Waals surface area contributed by atoms with E-state index in [9.17, 15) is 9.59 Å². The van der Waals surface area contributed by atoms with E-state index >= 15 is 0 Å². The lowest BCUT2D eigenvalue weighted by Crippen LogP contribution is -2.21. The summed E-state index contributed by atoms with van der Waals surface area (Å²) in [5.74, 6) is 0.542. The highest BCUT2D eigenvalue weighted by molar-refractivity contribution is 5.95. The topological polar surface area (TPSA) is 81.3 Å². The first-order valence-corrected chi connectivity index (χ1v) is 8.24. The van der Waals surface area contributed by atoms with Gasteiger partial charge in [0.25, 0.3) is 5.56 Å². The predicted molar refractivity (Wildman–Crippen MR) is 96.8 cm³/mol. The lowest BCUT2D eigenvalue weighted by atomic mass is 10.1. The first-order valence-electron chi connectivity index (χ1n) is 8.24. The monoisotopic (exact) mass is 348 g/mol. The van der Waals surface area contributed by atoms with Crippen LogP contribution in [0, 0.1) is 0 Å². The fourth-order valence-corrected chi connectivity index (χ4v) is 2.82. The molecule has 0 amide bonds. The maximum Gasteiger partial charge on any atom is 0.338 e. The molecule has 1 aliphatic rings. The van der Waals surface area contributed by atoms with E-state index in [0.29, 0.717) is 22.3 Å². The Balaban J connectivity index is 1.57. The molecule has 0 saturated carbocycles. The van der Waals surface area contributed by atoms with Gasteiger partial charge in [-0.25, -0.2) is 9.78 Å². The molecule has 0 unspecified atom stereocenters. The Morgan fingerprint density at radius 2 is 1.96 bits per heavy atom. The Kier molecular flexibility index (Phi) is 4.01. The molecule has 4 rings (SSSR count). The number of benzene rings is 2. The van der Waals surface area contributed by atoms with Crippen LogP contribution < -0.4 is 10.3 Å². The minimum absolute atomic E-state index is 0.143. The van der Waals surface area contributed by atoms with Crippen LogP contribution in [-0.2, 0) is 9.53 Å². The molecule has 3 aromatic rings. The van der Waals surface area contributed by atoms with Gasteiger partial charge in [0, 0.05) is 5.56 Å². The van der Waals surface area contributed by atoms with E-state index < -0.39 is 12.1 Å². The second-order valence-corrected chi connectivity index (χ2v) is 6.01. The van der Waals surface area contributed by atoms with Crippen LogP contribution in [0.4, 0.5) is 0 Å². The quantitative estimate of drug-likeness (QED) is 0.736. The fourth-order valence-electron chi connectivity index (χ4n) is 2.82. The number of nitrogens with zero attached hydrogens (tertiary/aromatic N) is 1. The van der Waals surface area contributed by atoms with Gasteiger partial charge in [-0.2, -0.15) is 0 Å². The maximum atomic E-state index is 12.4. The number of aromatic amines is 1. The van der Waals surface area contributed by atoms with Crippen molar-refractivity contribution in [2.75, 3.05) is 6.61 Å². The largest absolute Gasteiger partial charge is 0.488 e. The Hall–Kier alpha value is -3.41. The van der Waals surface area contributed by atoms with Crippen LogP contribution in [0.1, 0.15) is 24.4 Å². The van der Waals surface area contributed by atoms with Crippen molar-refractivity contribution in [1.29, 1.82) is 0 Å². The number of ether oxygens (including phenoxy) is 2. The average molecular weight is 348 g/mol. The lowest BCUT2D eigenvalue weighted by molar-refractivity contribution is -0.144. The van der Waals surface area contributed by atoms with Gasteiger partial charge in [0.2, 0.25) is 0 Å². The standard InChI is InChI=1S/C20H16N2O4/c1-12(18-21-16-8-4-3-7-15(16)19(23)22-18)26-20(24)14-10-13-6-2-5-9-17(13)25-11-14/h2-10,12H,11H2,1H3,(H,21,22,23)/t12-/m1/s1. The molecule has 0 fully saturated rings. The number of fused-ring (bicyclic) bond motifs is 2. The minimum atomic E-state index is -0.696. The zero-order valence-corrected chi connectivity index (χ0v) is 14.1. The molecule has 1 aliphatic heterocycles. The van der Waals surface area contributed by atoms with Gasteiger partial charge in [-0.15, -0.1) is 0 Å². The first kappa shape index (κ1) is 16.1. The molecule has 6 heteroatoms. The third-order valence-electron chi connectivity index (χ3n) is 4.19. The molecule has 0 radical (unpaired) electrons. The molecule has 0 saturated heterocycles. The van der Waals surface area contributed by atoms with Crippen LogP contribution in [0.15, 0.2) is 58.9 Å². The molecule has 0 spiro atoms. The Morgan fingerprint density at radius 1 is 1.19 bits per heavy atom. The van der Waals surface area contributed by atoms with E-state index in [0.717, 1.165) is 11.3 Å². The highest BCUT2D eigenvalue weighted by atomic mass is 16.5. The molecule has 2 aromatic carbocycles. The third kappa shape index (κ3) is 2.97. The van der Waals surface area contributed by atoms with Crippen LogP contribution in [0.25, 0.3) is 17.0 Å². The van der Waals surface area contributed by atoms with Gasteiger partial charge < -0.3 is 14.5 Å². The Morgan fingerprint density at radius 3 is 2.85 bits per heavy atom. The number of carbonyl (C=O) groups excluding carboxylic acids is 1. The zero-order valence-electron chi connectivity index (χ0n) is 14.1. The van der Waals surface area contributed by atoms with Crippen molar-refractivity contribution in [2.24, 2.45) is 0 Å². The van der Waals surface area contributed by atoms with Crippen molar-refractivity contribution in [3.8, 4) is 5.75 Å². The van der Waals surface area contributed by atoms with Crippen LogP contribution >= 0.6 is 0 Å². The lowest BCUT2D eigenvalue weighted by Gasteiger charge is -2.19. The van der Waals surface area contributed by atoms with Crippen molar-refractivity contribution < 1.29 is 14.3 Å².